The number of hydrogen-bond donors (Lipinski definition) is 0. The summed E-state index contributed by atoms with van der Waals surface area (Å²) in [5, 5.41) is 0. The summed E-state index contributed by atoms with van der Waals surface area (Å²) in [5.74, 6) is -2.34. The van der Waals surface area contributed by atoms with Crippen LogP contribution in [-0.2, 0) is 0 Å². The van der Waals surface area contributed by atoms with Crippen molar-refractivity contribution in [1.29, 1.82) is 0 Å². The van der Waals surface area contributed by atoms with Crippen LogP contribution in [0.3, 0.4) is 0 Å². The molecule has 1 aromatic carbocycles. The minimum absolute atomic E-state index is 0.218. The Morgan fingerprint density at radius 2 is 2.00 bits per heavy atom. The van der Waals surface area contributed by atoms with Gasteiger partial charge in [-0.3, -0.25) is 4.79 Å². The first-order valence-electron chi connectivity index (χ1n) is 4.30. The number of carbonyl (C=O) groups is 1. The van der Waals surface area contributed by atoms with Crippen LogP contribution >= 0.6 is 0 Å². The Labute approximate surface area is 86.2 Å². The van der Waals surface area contributed by atoms with Crippen molar-refractivity contribution in [2.45, 2.75) is 6.92 Å². The van der Waals surface area contributed by atoms with Gasteiger partial charge in [0.1, 0.15) is 5.82 Å². The largest absolute Gasteiger partial charge is 0.494 e. The maximum absolute atomic E-state index is 13.3. The Kier molecular flexibility index (Phi) is 3.55. The number of hydrogen-bond acceptors (Lipinski definition) is 2. The maximum atomic E-state index is 13.3. The van der Waals surface area contributed by atoms with Gasteiger partial charge in [-0.1, -0.05) is 6.08 Å². The molecule has 0 bridgehead atoms. The zero-order valence-electron chi connectivity index (χ0n) is 8.38. The SMILES string of the molecule is C/C=C/C(=O)c1cc(F)c(OC)cc1F. The Hall–Kier alpha value is -1.71. The van der Waals surface area contributed by atoms with Crippen molar-refractivity contribution in [2.24, 2.45) is 0 Å². The molecule has 0 N–H and O–H groups in total. The van der Waals surface area contributed by atoms with Crippen molar-refractivity contribution in [1.82, 2.24) is 0 Å². The van der Waals surface area contributed by atoms with Gasteiger partial charge in [0.05, 0.1) is 12.7 Å². The number of benzene rings is 1. The van der Waals surface area contributed by atoms with E-state index in [1.54, 1.807) is 6.92 Å². The van der Waals surface area contributed by atoms with E-state index in [0.717, 1.165) is 12.1 Å². The predicted molar refractivity (Wildman–Crippen MR) is 52.1 cm³/mol. The number of ketones is 1. The minimum Gasteiger partial charge on any atom is -0.494 e. The molecule has 15 heavy (non-hydrogen) atoms. The molecule has 0 aromatic heterocycles. The molecule has 0 spiro atoms. The lowest BCUT2D eigenvalue weighted by molar-refractivity contribution is 0.104. The fraction of sp³-hybridized carbons (Fsp3) is 0.182. The summed E-state index contributed by atoms with van der Waals surface area (Å²) in [7, 11) is 1.23. The van der Waals surface area contributed by atoms with Gasteiger partial charge in [0, 0.05) is 6.07 Å². The van der Waals surface area contributed by atoms with Crippen LogP contribution in [0.15, 0.2) is 24.3 Å². The second kappa shape index (κ2) is 4.68. The molecule has 80 valence electrons. The summed E-state index contributed by atoms with van der Waals surface area (Å²) < 4.78 is 31.0. The van der Waals surface area contributed by atoms with Gasteiger partial charge in [0.2, 0.25) is 0 Å². The molecule has 0 aliphatic rings. The fourth-order valence-electron chi connectivity index (χ4n) is 1.11. The quantitative estimate of drug-likeness (QED) is 0.568. The van der Waals surface area contributed by atoms with E-state index in [2.05, 4.69) is 4.74 Å². The lowest BCUT2D eigenvalue weighted by Crippen LogP contribution is -2.01. The molecule has 0 radical (unpaired) electrons. The van der Waals surface area contributed by atoms with Gasteiger partial charge in [-0.25, -0.2) is 8.78 Å². The third-order valence-corrected chi connectivity index (χ3v) is 1.82. The van der Waals surface area contributed by atoms with E-state index < -0.39 is 17.4 Å². The third-order valence-electron chi connectivity index (χ3n) is 1.82. The molecule has 1 aromatic rings. The van der Waals surface area contributed by atoms with Gasteiger partial charge in [0.25, 0.3) is 0 Å². The fourth-order valence-corrected chi connectivity index (χ4v) is 1.11. The summed E-state index contributed by atoms with van der Waals surface area (Å²) in [6, 6.07) is 1.68. The number of rotatable bonds is 3. The molecular weight excluding hydrogens is 202 g/mol. The van der Waals surface area contributed by atoms with Crippen LogP contribution in [0.2, 0.25) is 0 Å². The molecule has 1 rings (SSSR count). The van der Waals surface area contributed by atoms with Gasteiger partial charge in [0.15, 0.2) is 17.3 Å². The van der Waals surface area contributed by atoms with Crippen LogP contribution < -0.4 is 4.74 Å². The summed E-state index contributed by atoms with van der Waals surface area (Å²) in [6.45, 7) is 1.62. The topological polar surface area (TPSA) is 26.3 Å². The molecule has 0 aliphatic heterocycles. The molecule has 0 amide bonds. The van der Waals surface area contributed by atoms with E-state index in [1.807, 2.05) is 0 Å². The van der Waals surface area contributed by atoms with Crippen LogP contribution in [0, 0.1) is 11.6 Å². The second-order valence-electron chi connectivity index (χ2n) is 2.83. The summed E-state index contributed by atoms with van der Waals surface area (Å²) >= 11 is 0. The predicted octanol–water partition coefficient (Wildman–Crippen LogP) is 2.73. The lowest BCUT2D eigenvalue weighted by Gasteiger charge is -2.04. The Morgan fingerprint density at radius 3 is 2.53 bits per heavy atom. The molecule has 4 heteroatoms. The van der Waals surface area contributed by atoms with Gasteiger partial charge in [-0.05, 0) is 19.1 Å². The zero-order valence-corrected chi connectivity index (χ0v) is 8.38. The van der Waals surface area contributed by atoms with E-state index in [9.17, 15) is 13.6 Å². The van der Waals surface area contributed by atoms with Crippen LogP contribution in [0.25, 0.3) is 0 Å². The Bertz CT molecular complexity index is 411. The molecule has 0 heterocycles. The lowest BCUT2D eigenvalue weighted by atomic mass is 10.1. The molecule has 0 fully saturated rings. The molecule has 0 saturated carbocycles. The minimum atomic E-state index is -0.795. The monoisotopic (exact) mass is 212 g/mol. The van der Waals surface area contributed by atoms with Crippen LogP contribution in [-0.4, -0.2) is 12.9 Å². The first-order valence-corrected chi connectivity index (χ1v) is 4.30. The standard InChI is InChI=1S/C11H10F2O2/c1-3-4-10(14)7-5-9(13)11(15-2)6-8(7)12/h3-6H,1-2H3/b4-3+. The molecule has 0 unspecified atom stereocenters. The van der Waals surface area contributed by atoms with Gasteiger partial charge in [-0.15, -0.1) is 0 Å². The zero-order chi connectivity index (χ0) is 11.4. The van der Waals surface area contributed by atoms with Crippen molar-refractivity contribution >= 4 is 5.78 Å². The highest BCUT2D eigenvalue weighted by Crippen LogP contribution is 2.21. The number of allylic oxidation sites excluding steroid dienone is 2. The Balaban J connectivity index is 3.21. The summed E-state index contributed by atoms with van der Waals surface area (Å²) in [5.41, 5.74) is -0.300. The smallest absolute Gasteiger partial charge is 0.188 e. The van der Waals surface area contributed by atoms with Crippen LogP contribution in [0.1, 0.15) is 17.3 Å². The number of ether oxygens (including phenoxy) is 1. The molecule has 2 nitrogen and oxygen atoms in total. The van der Waals surface area contributed by atoms with Crippen molar-refractivity contribution in [3.63, 3.8) is 0 Å². The first-order chi connectivity index (χ1) is 7.10. The second-order valence-corrected chi connectivity index (χ2v) is 2.83. The van der Waals surface area contributed by atoms with E-state index >= 15 is 0 Å². The van der Waals surface area contributed by atoms with Crippen molar-refractivity contribution in [2.75, 3.05) is 7.11 Å². The van der Waals surface area contributed by atoms with Gasteiger partial charge in [-0.2, -0.15) is 0 Å². The third kappa shape index (κ3) is 2.40. The number of carbonyl (C=O) groups excluding carboxylic acids is 1. The van der Waals surface area contributed by atoms with Crippen LogP contribution in [0.4, 0.5) is 8.78 Å². The van der Waals surface area contributed by atoms with Gasteiger partial charge >= 0.3 is 0 Å². The van der Waals surface area contributed by atoms with E-state index in [4.69, 9.17) is 0 Å². The number of halogens is 2. The average molecular weight is 212 g/mol. The van der Waals surface area contributed by atoms with E-state index in [-0.39, 0.29) is 11.3 Å². The molecule has 0 atom stereocenters. The number of methoxy groups -OCH3 is 1. The normalized spacial score (nSPS) is 10.7. The van der Waals surface area contributed by atoms with E-state index in [0.29, 0.717) is 0 Å². The molecular formula is C11H10F2O2. The van der Waals surface area contributed by atoms with Crippen LogP contribution in [0.5, 0.6) is 5.75 Å². The van der Waals surface area contributed by atoms with E-state index in [1.165, 1.54) is 19.3 Å². The summed E-state index contributed by atoms with van der Waals surface area (Å²) in [6.07, 6.45) is 2.63. The average Bonchev–Trinajstić information content (AvgIpc) is 2.21. The van der Waals surface area contributed by atoms with Gasteiger partial charge < -0.3 is 4.74 Å². The molecule has 0 saturated heterocycles. The highest BCUT2D eigenvalue weighted by Gasteiger charge is 2.14. The highest BCUT2D eigenvalue weighted by molar-refractivity contribution is 6.04. The van der Waals surface area contributed by atoms with Crippen molar-refractivity contribution in [3.05, 3.63) is 41.5 Å². The molecule has 0 aliphatic carbocycles. The first kappa shape index (κ1) is 11.4. The van der Waals surface area contributed by atoms with Crippen molar-refractivity contribution < 1.29 is 18.3 Å². The van der Waals surface area contributed by atoms with Crippen molar-refractivity contribution in [3.8, 4) is 5.75 Å². The maximum Gasteiger partial charge on any atom is 0.188 e. The Morgan fingerprint density at radius 1 is 1.33 bits per heavy atom. The summed E-state index contributed by atoms with van der Waals surface area (Å²) in [4.78, 5) is 11.3. The highest BCUT2D eigenvalue weighted by atomic mass is 19.1.